The number of hydrogen-bond donors (Lipinski definition) is 0. The second-order valence-electron chi connectivity index (χ2n) is 2.79. The minimum Gasteiger partial charge on any atom is -0.475 e. The van der Waals surface area contributed by atoms with Crippen molar-refractivity contribution in [2.45, 2.75) is 18.9 Å². The number of benzene rings is 1. The predicted octanol–water partition coefficient (Wildman–Crippen LogP) is 3.48. The second-order valence-corrected chi connectivity index (χ2v) is 3.91. The highest BCUT2D eigenvalue weighted by Gasteiger charge is 2.06. The van der Waals surface area contributed by atoms with Gasteiger partial charge in [0.25, 0.3) is 0 Å². The smallest absolute Gasteiger partial charge is 0.181 e. The Bertz CT molecular complexity index is 362. The highest BCUT2D eigenvalue weighted by molar-refractivity contribution is 9.10. The van der Waals surface area contributed by atoms with Crippen molar-refractivity contribution in [3.8, 4) is 11.8 Å². The van der Waals surface area contributed by atoms with Crippen molar-refractivity contribution < 1.29 is 4.74 Å². The van der Waals surface area contributed by atoms with Gasteiger partial charge in [-0.25, -0.2) is 0 Å². The SMILES string of the molecule is CC(C#N)Oc1ccc(CCl)cc1Br. The lowest BCUT2D eigenvalue weighted by Gasteiger charge is -2.09. The largest absolute Gasteiger partial charge is 0.475 e. The van der Waals surface area contributed by atoms with Crippen LogP contribution in [0.25, 0.3) is 0 Å². The number of alkyl halides is 1. The average molecular weight is 275 g/mol. The number of nitrogens with zero attached hydrogens (tertiary/aromatic N) is 1. The van der Waals surface area contributed by atoms with Crippen LogP contribution in [-0.4, -0.2) is 6.10 Å². The quantitative estimate of drug-likeness (QED) is 0.791. The summed E-state index contributed by atoms with van der Waals surface area (Å²) in [5.41, 5.74) is 1.01. The fourth-order valence-electron chi connectivity index (χ4n) is 0.940. The van der Waals surface area contributed by atoms with Crippen LogP contribution >= 0.6 is 27.5 Å². The van der Waals surface area contributed by atoms with E-state index in [0.29, 0.717) is 11.6 Å². The third-order valence-electron chi connectivity index (χ3n) is 1.64. The highest BCUT2D eigenvalue weighted by Crippen LogP contribution is 2.27. The van der Waals surface area contributed by atoms with Crippen LogP contribution in [-0.2, 0) is 5.88 Å². The lowest BCUT2D eigenvalue weighted by molar-refractivity contribution is 0.274. The van der Waals surface area contributed by atoms with Crippen LogP contribution < -0.4 is 4.74 Å². The van der Waals surface area contributed by atoms with Gasteiger partial charge >= 0.3 is 0 Å². The maximum Gasteiger partial charge on any atom is 0.181 e. The summed E-state index contributed by atoms with van der Waals surface area (Å²) in [6.45, 7) is 1.70. The standard InChI is InChI=1S/C10H9BrClNO/c1-7(6-13)14-10-3-2-8(5-12)4-9(10)11/h2-4,7H,5H2,1H3. The van der Waals surface area contributed by atoms with Crippen molar-refractivity contribution in [2.24, 2.45) is 0 Å². The first-order chi connectivity index (χ1) is 6.67. The van der Waals surface area contributed by atoms with Gasteiger partial charge in [-0.2, -0.15) is 5.26 Å². The second kappa shape index (κ2) is 5.23. The zero-order valence-electron chi connectivity index (χ0n) is 7.63. The summed E-state index contributed by atoms with van der Waals surface area (Å²) in [6.07, 6.45) is -0.451. The Morgan fingerprint density at radius 1 is 1.64 bits per heavy atom. The molecule has 0 aliphatic heterocycles. The molecule has 0 N–H and O–H groups in total. The molecule has 0 fully saturated rings. The fraction of sp³-hybridized carbons (Fsp3) is 0.300. The lowest BCUT2D eigenvalue weighted by Crippen LogP contribution is -2.08. The van der Waals surface area contributed by atoms with Crippen molar-refractivity contribution in [1.29, 1.82) is 5.26 Å². The molecule has 1 aromatic carbocycles. The van der Waals surface area contributed by atoms with Crippen molar-refractivity contribution in [3.63, 3.8) is 0 Å². The molecular weight excluding hydrogens is 265 g/mol. The maximum atomic E-state index is 8.58. The molecule has 0 saturated heterocycles. The summed E-state index contributed by atoms with van der Waals surface area (Å²) in [4.78, 5) is 0. The van der Waals surface area contributed by atoms with Gasteiger partial charge in [-0.1, -0.05) is 6.07 Å². The molecule has 0 heterocycles. The van der Waals surface area contributed by atoms with E-state index in [1.54, 1.807) is 13.0 Å². The van der Waals surface area contributed by atoms with Crippen LogP contribution in [0.3, 0.4) is 0 Å². The molecule has 0 spiro atoms. The third-order valence-corrected chi connectivity index (χ3v) is 2.56. The molecule has 0 saturated carbocycles. The first-order valence-electron chi connectivity index (χ1n) is 4.08. The van der Waals surface area contributed by atoms with E-state index in [2.05, 4.69) is 15.9 Å². The van der Waals surface area contributed by atoms with Crippen LogP contribution in [0.1, 0.15) is 12.5 Å². The summed E-state index contributed by atoms with van der Waals surface area (Å²) in [5, 5.41) is 8.58. The van der Waals surface area contributed by atoms with Crippen LogP contribution in [0.4, 0.5) is 0 Å². The zero-order chi connectivity index (χ0) is 10.6. The minimum absolute atomic E-state index is 0.451. The first kappa shape index (κ1) is 11.4. The lowest BCUT2D eigenvalue weighted by atomic mass is 10.2. The van der Waals surface area contributed by atoms with E-state index in [-0.39, 0.29) is 0 Å². The molecule has 1 rings (SSSR count). The summed E-state index contributed by atoms with van der Waals surface area (Å²) < 4.78 is 6.16. The summed E-state index contributed by atoms with van der Waals surface area (Å²) in [7, 11) is 0. The molecule has 4 heteroatoms. The van der Waals surface area contributed by atoms with Crippen LogP contribution in [0, 0.1) is 11.3 Å². The highest BCUT2D eigenvalue weighted by atomic mass is 79.9. The van der Waals surface area contributed by atoms with E-state index in [1.165, 1.54) is 0 Å². The molecule has 0 radical (unpaired) electrons. The van der Waals surface area contributed by atoms with Gasteiger partial charge in [0.15, 0.2) is 6.10 Å². The number of ether oxygens (including phenoxy) is 1. The van der Waals surface area contributed by atoms with E-state index in [9.17, 15) is 0 Å². The Morgan fingerprint density at radius 3 is 2.86 bits per heavy atom. The maximum absolute atomic E-state index is 8.58. The Labute approximate surface area is 96.6 Å². The van der Waals surface area contributed by atoms with E-state index < -0.39 is 6.10 Å². The molecule has 0 bridgehead atoms. The van der Waals surface area contributed by atoms with E-state index >= 15 is 0 Å². The van der Waals surface area contributed by atoms with Crippen molar-refractivity contribution in [3.05, 3.63) is 28.2 Å². The molecule has 0 aliphatic carbocycles. The molecule has 1 aromatic rings. The number of nitriles is 1. The zero-order valence-corrected chi connectivity index (χ0v) is 9.97. The van der Waals surface area contributed by atoms with Gasteiger partial charge in [0.1, 0.15) is 11.8 Å². The van der Waals surface area contributed by atoms with Crippen molar-refractivity contribution in [1.82, 2.24) is 0 Å². The number of halogens is 2. The average Bonchev–Trinajstić information content (AvgIpc) is 2.20. The predicted molar refractivity (Wildman–Crippen MR) is 59.4 cm³/mol. The molecule has 14 heavy (non-hydrogen) atoms. The fourth-order valence-corrected chi connectivity index (χ4v) is 1.63. The minimum atomic E-state index is -0.451. The number of rotatable bonds is 3. The van der Waals surface area contributed by atoms with Crippen molar-refractivity contribution >= 4 is 27.5 Å². The molecule has 0 aromatic heterocycles. The van der Waals surface area contributed by atoms with Gasteiger partial charge in [0.2, 0.25) is 0 Å². The molecular formula is C10H9BrClNO. The van der Waals surface area contributed by atoms with E-state index in [1.807, 2.05) is 18.2 Å². The van der Waals surface area contributed by atoms with Gasteiger partial charge in [-0.05, 0) is 40.5 Å². The normalized spacial score (nSPS) is 11.9. The molecule has 0 amide bonds. The first-order valence-corrected chi connectivity index (χ1v) is 5.40. The van der Waals surface area contributed by atoms with Crippen molar-refractivity contribution in [2.75, 3.05) is 0 Å². The Morgan fingerprint density at radius 2 is 2.36 bits per heavy atom. The van der Waals surface area contributed by atoms with Gasteiger partial charge in [-0.3, -0.25) is 0 Å². The summed E-state index contributed by atoms with van der Waals surface area (Å²) in [5.74, 6) is 1.13. The molecule has 1 unspecified atom stereocenters. The van der Waals surface area contributed by atoms with E-state index in [4.69, 9.17) is 21.6 Å². The molecule has 0 aliphatic rings. The molecule has 74 valence electrons. The molecule has 2 nitrogen and oxygen atoms in total. The van der Waals surface area contributed by atoms with Crippen LogP contribution in [0.2, 0.25) is 0 Å². The Kier molecular flexibility index (Phi) is 4.24. The van der Waals surface area contributed by atoms with Gasteiger partial charge in [0, 0.05) is 5.88 Å². The Balaban J connectivity index is 2.85. The van der Waals surface area contributed by atoms with E-state index in [0.717, 1.165) is 10.0 Å². The van der Waals surface area contributed by atoms with Gasteiger partial charge in [-0.15, -0.1) is 11.6 Å². The van der Waals surface area contributed by atoms with Crippen LogP contribution in [0.5, 0.6) is 5.75 Å². The van der Waals surface area contributed by atoms with Crippen LogP contribution in [0.15, 0.2) is 22.7 Å². The van der Waals surface area contributed by atoms with Gasteiger partial charge < -0.3 is 4.74 Å². The summed E-state index contributed by atoms with van der Waals surface area (Å²) in [6, 6.07) is 7.55. The third kappa shape index (κ3) is 2.90. The monoisotopic (exact) mass is 273 g/mol. The molecule has 1 atom stereocenters. The Hall–Kier alpha value is -0.720. The number of hydrogen-bond acceptors (Lipinski definition) is 2. The summed E-state index contributed by atoms with van der Waals surface area (Å²) >= 11 is 9.02. The van der Waals surface area contributed by atoms with Gasteiger partial charge in [0.05, 0.1) is 4.47 Å². The topological polar surface area (TPSA) is 33.0 Å².